The first-order valence-electron chi connectivity index (χ1n) is 12.9. The number of nitrogens with zero attached hydrogens (tertiary/aromatic N) is 1. The molecule has 1 aliphatic heterocycles. The van der Waals surface area contributed by atoms with Gasteiger partial charge in [-0.3, -0.25) is 14.4 Å². The van der Waals surface area contributed by atoms with Gasteiger partial charge < -0.3 is 25.7 Å². The highest BCUT2D eigenvalue weighted by Crippen LogP contribution is 2.41. The molecule has 1 unspecified atom stereocenters. The van der Waals surface area contributed by atoms with E-state index >= 15 is 0 Å². The average molecular weight is 510 g/mol. The van der Waals surface area contributed by atoms with Gasteiger partial charge in [-0.05, 0) is 48.8 Å². The summed E-state index contributed by atoms with van der Waals surface area (Å²) in [7, 11) is 0. The maximum absolute atomic E-state index is 13.7. The van der Waals surface area contributed by atoms with E-state index in [1.54, 1.807) is 19.1 Å². The molecule has 37 heavy (non-hydrogen) atoms. The van der Waals surface area contributed by atoms with Crippen molar-refractivity contribution in [1.29, 1.82) is 0 Å². The van der Waals surface area contributed by atoms with E-state index < -0.39 is 35.4 Å². The van der Waals surface area contributed by atoms with Gasteiger partial charge in [-0.15, -0.1) is 0 Å². The molecule has 0 radical (unpaired) electrons. The minimum absolute atomic E-state index is 0.0156. The Kier molecular flexibility index (Phi) is 8.97. The van der Waals surface area contributed by atoms with Crippen molar-refractivity contribution in [3.63, 3.8) is 0 Å². The second-order valence-electron chi connectivity index (χ2n) is 10.6. The molecule has 1 saturated heterocycles. The third-order valence-corrected chi connectivity index (χ3v) is 7.64. The van der Waals surface area contributed by atoms with Crippen LogP contribution in [0, 0.1) is 18.3 Å². The Morgan fingerprint density at radius 3 is 2.43 bits per heavy atom. The quantitative estimate of drug-likeness (QED) is 0.415. The molecule has 2 aromatic rings. The average Bonchev–Trinajstić information content (AvgIpc) is 3.11. The minimum atomic E-state index is -1.58. The highest BCUT2D eigenvalue weighted by Gasteiger charge is 2.52. The summed E-state index contributed by atoms with van der Waals surface area (Å²) in [4.78, 5) is 41.5. The van der Waals surface area contributed by atoms with E-state index in [0.29, 0.717) is 18.7 Å². The summed E-state index contributed by atoms with van der Waals surface area (Å²) in [5.41, 5.74) is 0.997. The molecule has 3 amide bonds. The van der Waals surface area contributed by atoms with Gasteiger partial charge in [-0.2, -0.15) is 0 Å². The maximum Gasteiger partial charge on any atom is 0.254 e. The summed E-state index contributed by atoms with van der Waals surface area (Å²) >= 11 is 0. The van der Waals surface area contributed by atoms with Crippen molar-refractivity contribution in [1.82, 2.24) is 15.5 Å². The van der Waals surface area contributed by atoms with Gasteiger partial charge in [0.25, 0.3) is 11.8 Å². The molecular weight excluding hydrogens is 470 g/mol. The van der Waals surface area contributed by atoms with E-state index in [-0.39, 0.29) is 29.6 Å². The zero-order chi connectivity index (χ0) is 27.3. The van der Waals surface area contributed by atoms with Crippen LogP contribution in [0.25, 0.3) is 0 Å². The normalized spacial score (nSPS) is 20.2. The number of carbonyl (C=O) groups excluding carboxylic acids is 3. The monoisotopic (exact) mass is 509 g/mol. The summed E-state index contributed by atoms with van der Waals surface area (Å²) in [6, 6.07) is 12.2. The van der Waals surface area contributed by atoms with Crippen LogP contribution in [0.15, 0.2) is 48.5 Å². The molecule has 4 N–H and O–H groups in total. The van der Waals surface area contributed by atoms with Gasteiger partial charge in [-0.25, -0.2) is 0 Å². The van der Waals surface area contributed by atoms with Crippen molar-refractivity contribution in [2.75, 3.05) is 13.1 Å². The topological polar surface area (TPSA) is 119 Å². The van der Waals surface area contributed by atoms with Crippen molar-refractivity contribution in [3.05, 3.63) is 65.2 Å². The SMILES string of the molecule is CCCNC(=O)C1N(C(=O)[C@@H](O)[C@H](Cc2ccccc2)NC(=O)c2cccc(O)c2C)C[C@@H](C)C1(C)C. The van der Waals surface area contributed by atoms with Crippen LogP contribution in [-0.2, 0) is 16.0 Å². The first kappa shape index (κ1) is 28.2. The van der Waals surface area contributed by atoms with E-state index in [9.17, 15) is 24.6 Å². The number of likely N-dealkylation sites (tertiary alicyclic amines) is 1. The summed E-state index contributed by atoms with van der Waals surface area (Å²) in [6.45, 7) is 10.3. The van der Waals surface area contributed by atoms with Crippen molar-refractivity contribution in [2.45, 2.75) is 65.6 Å². The predicted molar refractivity (Wildman–Crippen MR) is 142 cm³/mol. The highest BCUT2D eigenvalue weighted by molar-refractivity contribution is 5.97. The molecule has 200 valence electrons. The van der Waals surface area contributed by atoms with Gasteiger partial charge in [0, 0.05) is 24.2 Å². The zero-order valence-corrected chi connectivity index (χ0v) is 22.3. The molecule has 0 aliphatic carbocycles. The van der Waals surface area contributed by atoms with Crippen LogP contribution in [0.5, 0.6) is 5.75 Å². The van der Waals surface area contributed by atoms with Crippen molar-refractivity contribution >= 4 is 17.7 Å². The molecule has 0 saturated carbocycles. The lowest BCUT2D eigenvalue weighted by Gasteiger charge is -2.34. The number of carbonyl (C=O) groups is 3. The van der Waals surface area contributed by atoms with Gasteiger partial charge in [0.1, 0.15) is 11.8 Å². The number of hydrogen-bond acceptors (Lipinski definition) is 5. The van der Waals surface area contributed by atoms with Crippen LogP contribution in [0.3, 0.4) is 0 Å². The van der Waals surface area contributed by atoms with E-state index in [1.807, 2.05) is 58.0 Å². The summed E-state index contributed by atoms with van der Waals surface area (Å²) in [5.74, 6) is -1.33. The lowest BCUT2D eigenvalue weighted by molar-refractivity contribution is -0.148. The Hall–Kier alpha value is -3.39. The van der Waals surface area contributed by atoms with Crippen LogP contribution < -0.4 is 10.6 Å². The van der Waals surface area contributed by atoms with Gasteiger partial charge in [0.2, 0.25) is 5.91 Å². The lowest BCUT2D eigenvalue weighted by Crippen LogP contribution is -2.57. The molecule has 0 aromatic heterocycles. The number of hydrogen-bond donors (Lipinski definition) is 4. The predicted octanol–water partition coefficient (Wildman–Crippen LogP) is 2.80. The smallest absolute Gasteiger partial charge is 0.254 e. The van der Waals surface area contributed by atoms with E-state index in [4.69, 9.17) is 0 Å². The summed E-state index contributed by atoms with van der Waals surface area (Å²) < 4.78 is 0. The molecule has 8 nitrogen and oxygen atoms in total. The van der Waals surface area contributed by atoms with E-state index in [2.05, 4.69) is 10.6 Å². The number of aliphatic hydroxyl groups excluding tert-OH is 1. The van der Waals surface area contributed by atoms with Crippen LogP contribution >= 0.6 is 0 Å². The van der Waals surface area contributed by atoms with E-state index in [1.165, 1.54) is 11.0 Å². The Morgan fingerprint density at radius 2 is 1.78 bits per heavy atom. The van der Waals surface area contributed by atoms with Crippen LogP contribution in [0.4, 0.5) is 0 Å². The Morgan fingerprint density at radius 1 is 1.11 bits per heavy atom. The first-order chi connectivity index (χ1) is 17.5. The number of phenolic OH excluding ortho intramolecular Hbond substituents is 1. The zero-order valence-electron chi connectivity index (χ0n) is 22.3. The number of nitrogens with one attached hydrogen (secondary N) is 2. The number of benzene rings is 2. The molecule has 4 atom stereocenters. The van der Waals surface area contributed by atoms with Crippen LogP contribution in [0.1, 0.15) is 55.6 Å². The molecule has 0 spiro atoms. The molecular formula is C29H39N3O5. The molecule has 1 fully saturated rings. The fourth-order valence-electron chi connectivity index (χ4n) is 4.92. The fraction of sp³-hybridized carbons (Fsp3) is 0.483. The maximum atomic E-state index is 13.7. The molecule has 1 aliphatic rings. The fourth-order valence-corrected chi connectivity index (χ4v) is 4.92. The number of aliphatic hydroxyl groups is 1. The van der Waals surface area contributed by atoms with E-state index in [0.717, 1.165) is 12.0 Å². The lowest BCUT2D eigenvalue weighted by atomic mass is 9.77. The molecule has 8 heteroatoms. The Balaban J connectivity index is 1.90. The van der Waals surface area contributed by atoms with Gasteiger partial charge >= 0.3 is 0 Å². The van der Waals surface area contributed by atoms with Crippen molar-refractivity contribution in [2.24, 2.45) is 11.3 Å². The largest absolute Gasteiger partial charge is 0.508 e. The third kappa shape index (κ3) is 6.13. The Labute approximate surface area is 219 Å². The van der Waals surface area contributed by atoms with Gasteiger partial charge in [0.15, 0.2) is 6.10 Å². The first-order valence-corrected chi connectivity index (χ1v) is 12.9. The molecule has 1 heterocycles. The second kappa shape index (κ2) is 11.8. The van der Waals surface area contributed by atoms with Crippen LogP contribution in [-0.4, -0.2) is 64.1 Å². The molecule has 0 bridgehead atoms. The number of amides is 3. The van der Waals surface area contributed by atoms with Gasteiger partial charge in [-0.1, -0.05) is 64.1 Å². The van der Waals surface area contributed by atoms with Crippen molar-refractivity contribution in [3.8, 4) is 5.75 Å². The number of phenols is 1. The highest BCUT2D eigenvalue weighted by atomic mass is 16.3. The van der Waals surface area contributed by atoms with Gasteiger partial charge in [0.05, 0.1) is 6.04 Å². The minimum Gasteiger partial charge on any atom is -0.508 e. The Bertz CT molecular complexity index is 1120. The molecule has 3 rings (SSSR count). The number of rotatable bonds is 9. The summed E-state index contributed by atoms with van der Waals surface area (Å²) in [5, 5.41) is 27.1. The molecule has 2 aromatic carbocycles. The third-order valence-electron chi connectivity index (χ3n) is 7.64. The standard InChI is InChI=1S/C29H39N3O5/c1-6-15-30-27(36)25-29(4,5)18(2)17-32(25)28(37)24(34)22(16-20-11-8-7-9-12-20)31-26(35)21-13-10-14-23(33)19(21)3/h7-14,18,22,24-25,33-34H,6,15-17H2,1-5H3,(H,30,36)(H,31,35)/t18-,22+,24+,25?/m1/s1. The van der Waals surface area contributed by atoms with Crippen molar-refractivity contribution < 1.29 is 24.6 Å². The second-order valence-corrected chi connectivity index (χ2v) is 10.6. The summed E-state index contributed by atoms with van der Waals surface area (Å²) in [6.07, 6.45) is -0.606. The van der Waals surface area contributed by atoms with Crippen LogP contribution in [0.2, 0.25) is 0 Å². The number of aromatic hydroxyl groups is 1.